The molecule has 1 aliphatic heterocycles. The van der Waals surface area contributed by atoms with Crippen molar-refractivity contribution in [2.45, 2.75) is 12.5 Å². The fourth-order valence-electron chi connectivity index (χ4n) is 1.88. The molecule has 1 saturated heterocycles. The molecule has 1 atom stereocenters. The Kier molecular flexibility index (Phi) is 4.69. The molecule has 3 N–H and O–H groups in total. The van der Waals surface area contributed by atoms with E-state index in [4.69, 9.17) is 10.6 Å². The van der Waals surface area contributed by atoms with Gasteiger partial charge in [0.25, 0.3) is 0 Å². The smallest absolute Gasteiger partial charge is 0.342 e. The van der Waals surface area contributed by atoms with Crippen LogP contribution < -0.4 is 11.1 Å². The second-order valence-corrected chi connectivity index (χ2v) is 4.39. The standard InChI is InChI=1S/C13H19N3O2/c14-12(10-11-4-2-1-3-5-11)13(17)18-16-8-6-15-7-9-16/h1-5,12,15H,6-10,14H2/t12-/m0/s1. The van der Waals surface area contributed by atoms with Crippen molar-refractivity contribution in [2.24, 2.45) is 5.73 Å². The summed E-state index contributed by atoms with van der Waals surface area (Å²) in [5.41, 5.74) is 6.89. The van der Waals surface area contributed by atoms with Gasteiger partial charge in [-0.15, -0.1) is 5.06 Å². The van der Waals surface area contributed by atoms with Crippen LogP contribution in [0.5, 0.6) is 0 Å². The van der Waals surface area contributed by atoms with E-state index in [1.807, 2.05) is 30.3 Å². The Morgan fingerprint density at radius 1 is 1.33 bits per heavy atom. The first-order valence-corrected chi connectivity index (χ1v) is 6.22. The van der Waals surface area contributed by atoms with E-state index >= 15 is 0 Å². The second kappa shape index (κ2) is 6.49. The fraction of sp³-hybridized carbons (Fsp3) is 0.462. The van der Waals surface area contributed by atoms with Crippen LogP contribution in [0.1, 0.15) is 5.56 Å². The zero-order valence-electron chi connectivity index (χ0n) is 10.3. The summed E-state index contributed by atoms with van der Waals surface area (Å²) < 4.78 is 0. The zero-order valence-corrected chi connectivity index (χ0v) is 10.3. The van der Waals surface area contributed by atoms with Crippen molar-refractivity contribution in [3.8, 4) is 0 Å². The average Bonchev–Trinajstić information content (AvgIpc) is 2.41. The monoisotopic (exact) mass is 249 g/mol. The molecular formula is C13H19N3O2. The maximum Gasteiger partial charge on any atom is 0.342 e. The normalized spacial score (nSPS) is 18.3. The van der Waals surface area contributed by atoms with Gasteiger partial charge in [-0.3, -0.25) is 0 Å². The first kappa shape index (κ1) is 13.0. The van der Waals surface area contributed by atoms with E-state index in [1.165, 1.54) is 0 Å². The minimum Gasteiger partial charge on any atom is -0.366 e. The van der Waals surface area contributed by atoms with Crippen LogP contribution in [0.15, 0.2) is 30.3 Å². The third-order valence-corrected chi connectivity index (χ3v) is 2.90. The Balaban J connectivity index is 1.81. The van der Waals surface area contributed by atoms with Gasteiger partial charge in [0.1, 0.15) is 6.04 Å². The molecule has 18 heavy (non-hydrogen) atoms. The third-order valence-electron chi connectivity index (χ3n) is 2.90. The number of carbonyl (C=O) groups excluding carboxylic acids is 1. The van der Waals surface area contributed by atoms with Gasteiger partial charge in [-0.25, -0.2) is 4.79 Å². The lowest BCUT2D eigenvalue weighted by molar-refractivity contribution is -0.194. The summed E-state index contributed by atoms with van der Waals surface area (Å²) >= 11 is 0. The summed E-state index contributed by atoms with van der Waals surface area (Å²) in [5.74, 6) is -0.360. The maximum atomic E-state index is 11.8. The minimum absolute atomic E-state index is 0.360. The molecule has 0 saturated carbocycles. The largest absolute Gasteiger partial charge is 0.366 e. The van der Waals surface area contributed by atoms with Gasteiger partial charge in [0.05, 0.1) is 0 Å². The van der Waals surface area contributed by atoms with E-state index in [0.29, 0.717) is 19.5 Å². The molecule has 0 spiro atoms. The van der Waals surface area contributed by atoms with Gasteiger partial charge >= 0.3 is 5.97 Å². The summed E-state index contributed by atoms with van der Waals surface area (Å²) in [6.45, 7) is 3.09. The van der Waals surface area contributed by atoms with E-state index in [9.17, 15) is 4.79 Å². The maximum absolute atomic E-state index is 11.8. The number of rotatable bonds is 4. The molecule has 2 rings (SSSR count). The number of carbonyl (C=O) groups is 1. The van der Waals surface area contributed by atoms with Gasteiger partial charge in [0, 0.05) is 26.2 Å². The number of nitrogens with one attached hydrogen (secondary N) is 1. The van der Waals surface area contributed by atoms with Crippen molar-refractivity contribution < 1.29 is 9.63 Å². The molecule has 1 aliphatic rings. The summed E-state index contributed by atoms with van der Waals surface area (Å²) in [4.78, 5) is 17.1. The minimum atomic E-state index is -0.609. The predicted octanol–water partition coefficient (Wildman–Crippen LogP) is -0.0802. The van der Waals surface area contributed by atoms with Gasteiger partial charge in [-0.2, -0.15) is 0 Å². The molecule has 1 aromatic carbocycles. The fourth-order valence-corrected chi connectivity index (χ4v) is 1.88. The van der Waals surface area contributed by atoms with E-state index in [2.05, 4.69) is 5.32 Å². The van der Waals surface area contributed by atoms with Gasteiger partial charge in [0.2, 0.25) is 0 Å². The molecule has 98 valence electrons. The number of hydrogen-bond donors (Lipinski definition) is 2. The molecule has 1 heterocycles. The Hall–Kier alpha value is -1.43. The predicted molar refractivity (Wildman–Crippen MR) is 68.7 cm³/mol. The Morgan fingerprint density at radius 2 is 2.00 bits per heavy atom. The average molecular weight is 249 g/mol. The van der Waals surface area contributed by atoms with Crippen LogP contribution >= 0.6 is 0 Å². The number of piperazine rings is 1. The van der Waals surface area contributed by atoms with Crippen LogP contribution in [0.3, 0.4) is 0 Å². The van der Waals surface area contributed by atoms with Crippen LogP contribution in [0.4, 0.5) is 0 Å². The van der Waals surface area contributed by atoms with Crippen LogP contribution in [-0.4, -0.2) is 43.3 Å². The first-order chi connectivity index (χ1) is 8.75. The lowest BCUT2D eigenvalue weighted by Crippen LogP contribution is -2.47. The van der Waals surface area contributed by atoms with Crippen molar-refractivity contribution in [1.82, 2.24) is 10.4 Å². The van der Waals surface area contributed by atoms with E-state index in [-0.39, 0.29) is 5.97 Å². The summed E-state index contributed by atoms with van der Waals surface area (Å²) in [6, 6.07) is 9.11. The van der Waals surface area contributed by atoms with Crippen LogP contribution in [0.25, 0.3) is 0 Å². The Morgan fingerprint density at radius 3 is 2.67 bits per heavy atom. The summed E-state index contributed by atoms with van der Waals surface area (Å²) in [5, 5.41) is 4.86. The van der Waals surface area contributed by atoms with Crippen LogP contribution in [0.2, 0.25) is 0 Å². The van der Waals surface area contributed by atoms with E-state index in [1.54, 1.807) is 5.06 Å². The van der Waals surface area contributed by atoms with E-state index < -0.39 is 6.04 Å². The number of hydrogen-bond acceptors (Lipinski definition) is 5. The highest BCUT2D eigenvalue weighted by Crippen LogP contribution is 2.04. The van der Waals surface area contributed by atoms with E-state index in [0.717, 1.165) is 18.7 Å². The number of hydroxylamine groups is 2. The summed E-state index contributed by atoms with van der Waals surface area (Å²) in [6.07, 6.45) is 0.506. The molecule has 0 aliphatic carbocycles. The molecule has 1 fully saturated rings. The van der Waals surface area contributed by atoms with Crippen molar-refractivity contribution in [1.29, 1.82) is 0 Å². The van der Waals surface area contributed by atoms with Crippen LogP contribution in [0, 0.1) is 0 Å². The highest BCUT2D eigenvalue weighted by atomic mass is 16.7. The van der Waals surface area contributed by atoms with Crippen molar-refractivity contribution in [3.05, 3.63) is 35.9 Å². The number of nitrogens with two attached hydrogens (primary N) is 1. The zero-order chi connectivity index (χ0) is 12.8. The highest BCUT2D eigenvalue weighted by molar-refractivity contribution is 5.75. The van der Waals surface area contributed by atoms with Gasteiger partial charge < -0.3 is 15.9 Å². The number of benzene rings is 1. The first-order valence-electron chi connectivity index (χ1n) is 6.22. The quantitative estimate of drug-likeness (QED) is 0.781. The highest BCUT2D eigenvalue weighted by Gasteiger charge is 2.20. The Labute approximate surface area is 107 Å². The van der Waals surface area contributed by atoms with Gasteiger partial charge in [-0.1, -0.05) is 30.3 Å². The molecule has 0 unspecified atom stereocenters. The van der Waals surface area contributed by atoms with Gasteiger partial charge in [0.15, 0.2) is 0 Å². The summed E-state index contributed by atoms with van der Waals surface area (Å²) in [7, 11) is 0. The van der Waals surface area contributed by atoms with Crippen molar-refractivity contribution in [3.63, 3.8) is 0 Å². The molecule has 0 amide bonds. The molecule has 0 radical (unpaired) electrons. The molecule has 0 bridgehead atoms. The van der Waals surface area contributed by atoms with Crippen LogP contribution in [-0.2, 0) is 16.1 Å². The van der Waals surface area contributed by atoms with Crippen molar-refractivity contribution in [2.75, 3.05) is 26.2 Å². The third kappa shape index (κ3) is 3.80. The lowest BCUT2D eigenvalue weighted by Gasteiger charge is -2.26. The molecule has 1 aromatic rings. The van der Waals surface area contributed by atoms with Gasteiger partial charge in [-0.05, 0) is 12.0 Å². The van der Waals surface area contributed by atoms with Crippen molar-refractivity contribution >= 4 is 5.97 Å². The number of nitrogens with zero attached hydrogens (tertiary/aromatic N) is 1. The second-order valence-electron chi connectivity index (χ2n) is 4.39. The lowest BCUT2D eigenvalue weighted by atomic mass is 10.1. The molecule has 0 aromatic heterocycles. The SMILES string of the molecule is N[C@@H](Cc1ccccc1)C(=O)ON1CCNCC1. The molecule has 5 heteroatoms. The molecule has 5 nitrogen and oxygen atoms in total. The topological polar surface area (TPSA) is 67.6 Å². The Bertz CT molecular complexity index is 377. The molecular weight excluding hydrogens is 230 g/mol.